The van der Waals surface area contributed by atoms with Crippen molar-refractivity contribution in [2.24, 2.45) is 17.8 Å². The molecule has 4 N–H and O–H groups in total. The molecule has 2 fully saturated rings. The maximum atomic E-state index is 10.6. The number of unbranched alkanes of at least 4 members (excludes halogenated alkanes) is 3. The van der Waals surface area contributed by atoms with Crippen molar-refractivity contribution >= 4 is 5.97 Å². The van der Waals surface area contributed by atoms with Gasteiger partial charge in [0, 0.05) is 18.9 Å². The van der Waals surface area contributed by atoms with E-state index in [2.05, 4.69) is 6.08 Å². The number of aliphatic hydroxyl groups is 3. The summed E-state index contributed by atoms with van der Waals surface area (Å²) in [5.41, 5.74) is 0.526. The molecule has 0 heterocycles. The lowest BCUT2D eigenvalue weighted by molar-refractivity contribution is -0.137. The molecular formula is C22H36O5. The average molecular weight is 381 g/mol. The van der Waals surface area contributed by atoms with E-state index in [0.29, 0.717) is 24.7 Å². The van der Waals surface area contributed by atoms with Gasteiger partial charge in [-0.15, -0.1) is 0 Å². The van der Waals surface area contributed by atoms with E-state index in [4.69, 9.17) is 10.2 Å². The molecule has 0 amide bonds. The van der Waals surface area contributed by atoms with Gasteiger partial charge in [0.2, 0.25) is 0 Å². The van der Waals surface area contributed by atoms with Gasteiger partial charge in [-0.25, -0.2) is 0 Å². The molecule has 27 heavy (non-hydrogen) atoms. The minimum Gasteiger partial charge on any atom is -0.481 e. The Morgan fingerprint density at radius 2 is 2.00 bits per heavy atom. The summed E-state index contributed by atoms with van der Waals surface area (Å²) in [4.78, 5) is 10.6. The van der Waals surface area contributed by atoms with Crippen molar-refractivity contribution in [3.05, 3.63) is 23.8 Å². The minimum absolute atomic E-state index is 0.0869. The van der Waals surface area contributed by atoms with Gasteiger partial charge in [0.15, 0.2) is 0 Å². The number of aliphatic hydroxyl groups excluding tert-OH is 2. The molecule has 2 rings (SSSR count). The number of carbonyl (C=O) groups is 1. The third-order valence-corrected chi connectivity index (χ3v) is 6.16. The van der Waals surface area contributed by atoms with Crippen LogP contribution in [0.25, 0.3) is 0 Å². The van der Waals surface area contributed by atoms with Crippen LogP contribution in [0.15, 0.2) is 23.8 Å². The van der Waals surface area contributed by atoms with Gasteiger partial charge in [0.25, 0.3) is 0 Å². The van der Waals surface area contributed by atoms with Crippen LogP contribution in [0.2, 0.25) is 0 Å². The van der Waals surface area contributed by atoms with E-state index < -0.39 is 11.6 Å². The van der Waals surface area contributed by atoms with Gasteiger partial charge in [-0.05, 0) is 63.7 Å². The van der Waals surface area contributed by atoms with Crippen molar-refractivity contribution in [3.8, 4) is 0 Å². The van der Waals surface area contributed by atoms with Crippen molar-refractivity contribution in [2.45, 2.75) is 82.8 Å². The molecule has 5 heteroatoms. The smallest absolute Gasteiger partial charge is 0.303 e. The fourth-order valence-electron chi connectivity index (χ4n) is 4.67. The Kier molecular flexibility index (Phi) is 8.52. The summed E-state index contributed by atoms with van der Waals surface area (Å²) in [6, 6.07) is 0. The summed E-state index contributed by atoms with van der Waals surface area (Å²) in [6.07, 6.45) is 13.5. The van der Waals surface area contributed by atoms with Gasteiger partial charge in [0.05, 0.1) is 11.7 Å². The number of hydrogen-bond acceptors (Lipinski definition) is 4. The molecule has 0 spiro atoms. The average Bonchev–Trinajstić information content (AvgIpc) is 3.10. The molecule has 0 aromatic carbocycles. The standard InChI is InChI=1S/C22H36O5/c1-22(27,10-5-2-6-12-23)11-9-18-19-14-16(7-3-4-8-21(25)26)13-17(19)15-20(18)24/h7,9,11,17-20,23-24,27H,2-6,8,10,12-15H2,1H3,(H,25,26)/t17-,18-,19+,20-,22?/m0/s1. The maximum absolute atomic E-state index is 10.6. The van der Waals surface area contributed by atoms with Crippen LogP contribution in [-0.2, 0) is 4.79 Å². The third kappa shape index (κ3) is 7.05. The molecule has 154 valence electrons. The van der Waals surface area contributed by atoms with E-state index in [-0.39, 0.29) is 25.0 Å². The van der Waals surface area contributed by atoms with E-state index in [1.165, 1.54) is 5.57 Å². The predicted octanol–water partition coefficient (Wildman–Crippen LogP) is 3.43. The topological polar surface area (TPSA) is 98.0 Å². The summed E-state index contributed by atoms with van der Waals surface area (Å²) >= 11 is 0. The van der Waals surface area contributed by atoms with E-state index in [0.717, 1.165) is 44.9 Å². The molecule has 5 nitrogen and oxygen atoms in total. The Morgan fingerprint density at radius 1 is 1.22 bits per heavy atom. The van der Waals surface area contributed by atoms with Gasteiger partial charge in [0.1, 0.15) is 0 Å². The molecular weight excluding hydrogens is 344 g/mol. The number of carboxylic acids is 1. The predicted molar refractivity (Wildman–Crippen MR) is 105 cm³/mol. The van der Waals surface area contributed by atoms with Crippen molar-refractivity contribution in [2.75, 3.05) is 6.61 Å². The van der Waals surface area contributed by atoms with Crippen LogP contribution in [0.1, 0.15) is 71.1 Å². The summed E-state index contributed by atoms with van der Waals surface area (Å²) in [5, 5.41) is 38.6. The van der Waals surface area contributed by atoms with Crippen molar-refractivity contribution in [3.63, 3.8) is 0 Å². The van der Waals surface area contributed by atoms with Crippen LogP contribution in [0.4, 0.5) is 0 Å². The number of aliphatic carboxylic acids is 1. The highest BCUT2D eigenvalue weighted by molar-refractivity contribution is 5.66. The van der Waals surface area contributed by atoms with Gasteiger partial charge < -0.3 is 20.4 Å². The van der Waals surface area contributed by atoms with Crippen LogP contribution in [0, 0.1) is 17.8 Å². The second-order valence-electron chi connectivity index (χ2n) is 8.61. The lowest BCUT2D eigenvalue weighted by atomic mass is 9.88. The Balaban J connectivity index is 1.86. The molecule has 1 unspecified atom stereocenters. The first kappa shape index (κ1) is 22.1. The van der Waals surface area contributed by atoms with Crippen LogP contribution in [-0.4, -0.2) is 44.7 Å². The lowest BCUT2D eigenvalue weighted by Gasteiger charge is -2.22. The zero-order valence-electron chi connectivity index (χ0n) is 16.5. The van der Waals surface area contributed by atoms with Crippen molar-refractivity contribution < 1.29 is 25.2 Å². The zero-order chi connectivity index (χ0) is 19.9. The van der Waals surface area contributed by atoms with Gasteiger partial charge in [-0.2, -0.15) is 0 Å². The first-order valence-corrected chi connectivity index (χ1v) is 10.4. The normalized spacial score (nSPS) is 31.5. The Morgan fingerprint density at radius 3 is 2.70 bits per heavy atom. The van der Waals surface area contributed by atoms with Gasteiger partial charge in [-0.3, -0.25) is 4.79 Å². The first-order valence-electron chi connectivity index (χ1n) is 10.4. The molecule has 0 aliphatic heterocycles. The highest BCUT2D eigenvalue weighted by Gasteiger charge is 2.45. The number of hydrogen-bond donors (Lipinski definition) is 4. The molecule has 2 aliphatic rings. The Labute approximate surface area is 162 Å². The number of fused-ring (bicyclic) bond motifs is 1. The fourth-order valence-corrected chi connectivity index (χ4v) is 4.67. The molecule has 0 saturated heterocycles. The van der Waals surface area contributed by atoms with Crippen LogP contribution in [0.3, 0.4) is 0 Å². The summed E-state index contributed by atoms with van der Waals surface area (Å²) < 4.78 is 0. The number of rotatable bonds is 11. The highest BCUT2D eigenvalue weighted by atomic mass is 16.4. The van der Waals surface area contributed by atoms with Crippen LogP contribution in [0.5, 0.6) is 0 Å². The SMILES string of the molecule is CC(O)(C=C[C@H]1[C@@H]2CC(=CCCCC(=O)O)C[C@H]2C[C@@H]1O)CCCCCO. The zero-order valence-corrected chi connectivity index (χ0v) is 16.5. The lowest BCUT2D eigenvalue weighted by Crippen LogP contribution is -2.23. The maximum Gasteiger partial charge on any atom is 0.303 e. The Hall–Kier alpha value is -1.17. The Bertz CT molecular complexity index is 537. The van der Waals surface area contributed by atoms with Crippen molar-refractivity contribution in [1.29, 1.82) is 0 Å². The summed E-state index contributed by atoms with van der Waals surface area (Å²) in [6.45, 7) is 2.01. The van der Waals surface area contributed by atoms with E-state index in [9.17, 15) is 15.0 Å². The number of allylic oxidation sites excluding steroid dienone is 2. The van der Waals surface area contributed by atoms with Crippen molar-refractivity contribution in [1.82, 2.24) is 0 Å². The molecule has 5 atom stereocenters. The highest BCUT2D eigenvalue weighted by Crippen LogP contribution is 2.50. The van der Waals surface area contributed by atoms with E-state index in [1.807, 2.05) is 19.1 Å². The molecule has 0 aromatic heterocycles. The minimum atomic E-state index is -0.874. The second kappa shape index (κ2) is 10.4. The van der Waals surface area contributed by atoms with Crippen LogP contribution < -0.4 is 0 Å². The number of carboxylic acid groups (broad SMARTS) is 1. The van der Waals surface area contributed by atoms with Crippen LogP contribution >= 0.6 is 0 Å². The van der Waals surface area contributed by atoms with Gasteiger partial charge in [-0.1, -0.05) is 36.6 Å². The summed E-state index contributed by atoms with van der Waals surface area (Å²) in [5.74, 6) is 0.263. The second-order valence-corrected chi connectivity index (χ2v) is 8.61. The monoisotopic (exact) mass is 380 g/mol. The third-order valence-electron chi connectivity index (χ3n) is 6.16. The van der Waals surface area contributed by atoms with E-state index in [1.54, 1.807) is 0 Å². The van der Waals surface area contributed by atoms with E-state index >= 15 is 0 Å². The first-order chi connectivity index (χ1) is 12.8. The quantitative estimate of drug-likeness (QED) is 0.325. The fraction of sp³-hybridized carbons (Fsp3) is 0.773. The summed E-state index contributed by atoms with van der Waals surface area (Å²) in [7, 11) is 0. The molecule has 0 bridgehead atoms. The molecule has 2 aliphatic carbocycles. The molecule has 0 radical (unpaired) electrons. The largest absolute Gasteiger partial charge is 0.481 e. The van der Waals surface area contributed by atoms with Gasteiger partial charge >= 0.3 is 5.97 Å². The molecule has 2 saturated carbocycles. The molecule has 0 aromatic rings.